The Hall–Kier alpha value is -0.710. The summed E-state index contributed by atoms with van der Waals surface area (Å²) in [5, 5.41) is 10.2. The van der Waals surface area contributed by atoms with E-state index in [1.54, 1.807) is 23.7 Å². The molecule has 2 aromatic heterocycles. The summed E-state index contributed by atoms with van der Waals surface area (Å²) in [5.41, 5.74) is 1.10. The van der Waals surface area contributed by atoms with Crippen LogP contribution in [0.4, 0.5) is 0 Å². The molecule has 0 saturated heterocycles. The lowest BCUT2D eigenvalue weighted by Gasteiger charge is -2.17. The van der Waals surface area contributed by atoms with Crippen LogP contribution in [-0.4, -0.2) is 10.1 Å². The summed E-state index contributed by atoms with van der Waals surface area (Å²) in [5.74, 6) is 0.0774. The van der Waals surface area contributed by atoms with E-state index in [1.165, 1.54) is 0 Å². The van der Waals surface area contributed by atoms with Crippen LogP contribution in [-0.2, 0) is 0 Å². The van der Waals surface area contributed by atoms with Gasteiger partial charge in [-0.15, -0.1) is 11.3 Å². The van der Waals surface area contributed by atoms with Gasteiger partial charge in [0, 0.05) is 23.2 Å². The Morgan fingerprint density at radius 2 is 1.94 bits per heavy atom. The van der Waals surface area contributed by atoms with E-state index in [2.05, 4.69) is 20.9 Å². The monoisotopic (exact) mass is 297 g/mol. The number of aliphatic hydroxyl groups is 1. The highest BCUT2D eigenvalue weighted by Gasteiger charge is 2.19. The largest absolute Gasteiger partial charge is 0.387 e. The van der Waals surface area contributed by atoms with Crippen LogP contribution in [0.1, 0.15) is 29.4 Å². The molecule has 0 bridgehead atoms. The minimum Gasteiger partial charge on any atom is -0.387 e. The van der Waals surface area contributed by atoms with Crippen LogP contribution in [0, 0.1) is 0 Å². The zero-order chi connectivity index (χ0) is 11.5. The van der Waals surface area contributed by atoms with Crippen LogP contribution in [0.5, 0.6) is 0 Å². The lowest BCUT2D eigenvalue weighted by atomic mass is 9.95. The highest BCUT2D eigenvalue weighted by atomic mass is 79.9. The molecule has 0 fully saturated rings. The predicted molar refractivity (Wildman–Crippen MR) is 69.6 cm³/mol. The van der Waals surface area contributed by atoms with Crippen molar-refractivity contribution in [1.29, 1.82) is 0 Å². The van der Waals surface area contributed by atoms with Gasteiger partial charge in [-0.2, -0.15) is 0 Å². The third-order valence-corrected chi connectivity index (χ3v) is 4.29. The maximum atomic E-state index is 10.2. The van der Waals surface area contributed by atoms with Gasteiger partial charge in [0.05, 0.1) is 9.89 Å². The summed E-state index contributed by atoms with van der Waals surface area (Å²) in [6.45, 7) is 2.02. The maximum Gasteiger partial charge on any atom is 0.0947 e. The van der Waals surface area contributed by atoms with E-state index >= 15 is 0 Å². The fourth-order valence-electron chi connectivity index (χ4n) is 1.58. The fourth-order valence-corrected chi connectivity index (χ4v) is 3.10. The smallest absolute Gasteiger partial charge is 0.0947 e. The molecule has 0 aromatic carbocycles. The number of halogens is 1. The first kappa shape index (κ1) is 11.8. The van der Waals surface area contributed by atoms with Crippen LogP contribution < -0.4 is 0 Å². The van der Waals surface area contributed by atoms with E-state index < -0.39 is 6.10 Å². The van der Waals surface area contributed by atoms with Crippen LogP contribution in [0.25, 0.3) is 0 Å². The van der Waals surface area contributed by atoms with Gasteiger partial charge in [-0.05, 0) is 45.8 Å². The first-order valence-electron chi connectivity index (χ1n) is 5.01. The molecule has 0 aliphatic heterocycles. The molecule has 0 spiro atoms. The van der Waals surface area contributed by atoms with Crippen molar-refractivity contribution in [2.24, 2.45) is 0 Å². The normalized spacial score (nSPS) is 14.7. The van der Waals surface area contributed by atoms with Crippen molar-refractivity contribution >= 4 is 27.3 Å². The minimum absolute atomic E-state index is 0.0774. The van der Waals surface area contributed by atoms with Crippen molar-refractivity contribution < 1.29 is 5.11 Å². The number of thiophene rings is 1. The zero-order valence-corrected chi connectivity index (χ0v) is 11.2. The van der Waals surface area contributed by atoms with Crippen molar-refractivity contribution in [2.75, 3.05) is 0 Å². The van der Waals surface area contributed by atoms with Gasteiger partial charge < -0.3 is 5.11 Å². The molecular formula is C12H12BrNOS. The summed E-state index contributed by atoms with van der Waals surface area (Å²) >= 11 is 4.97. The maximum absolute atomic E-state index is 10.2. The lowest BCUT2D eigenvalue weighted by molar-refractivity contribution is 0.155. The number of hydrogen-bond donors (Lipinski definition) is 1. The van der Waals surface area contributed by atoms with E-state index in [0.29, 0.717) is 0 Å². The average molecular weight is 298 g/mol. The van der Waals surface area contributed by atoms with Gasteiger partial charge in [0.25, 0.3) is 0 Å². The second-order valence-electron chi connectivity index (χ2n) is 3.66. The molecule has 1 N–H and O–H groups in total. The Morgan fingerprint density at radius 3 is 2.50 bits per heavy atom. The molecule has 16 heavy (non-hydrogen) atoms. The third-order valence-electron chi connectivity index (χ3n) is 2.59. The molecule has 0 aliphatic rings. The van der Waals surface area contributed by atoms with Crippen molar-refractivity contribution in [1.82, 2.24) is 4.98 Å². The molecule has 2 aromatic rings. The molecule has 0 saturated carbocycles. The fraction of sp³-hybridized carbons (Fsp3) is 0.250. The predicted octanol–water partition coefficient (Wildman–Crippen LogP) is 3.74. The SMILES string of the molecule is CC(c1ccncc1)C(O)c1ccc(Br)s1. The van der Waals surface area contributed by atoms with E-state index in [9.17, 15) is 5.11 Å². The van der Waals surface area contributed by atoms with Gasteiger partial charge in [-0.3, -0.25) is 4.98 Å². The number of aromatic nitrogens is 1. The first-order chi connectivity index (χ1) is 7.68. The summed E-state index contributed by atoms with van der Waals surface area (Å²) in [6, 6.07) is 7.80. The Balaban J connectivity index is 2.19. The van der Waals surface area contributed by atoms with Gasteiger partial charge in [0.15, 0.2) is 0 Å². The summed E-state index contributed by atoms with van der Waals surface area (Å²) in [6.07, 6.45) is 3.05. The van der Waals surface area contributed by atoms with Crippen molar-refractivity contribution in [3.8, 4) is 0 Å². The number of hydrogen-bond acceptors (Lipinski definition) is 3. The highest BCUT2D eigenvalue weighted by Crippen LogP contribution is 2.35. The van der Waals surface area contributed by atoms with Crippen LogP contribution in [0.2, 0.25) is 0 Å². The molecule has 0 amide bonds. The van der Waals surface area contributed by atoms with E-state index in [4.69, 9.17) is 0 Å². The Labute approximate surface area is 107 Å². The van der Waals surface area contributed by atoms with Crippen molar-refractivity contribution in [3.05, 3.63) is 50.9 Å². The molecule has 4 heteroatoms. The molecule has 84 valence electrons. The van der Waals surface area contributed by atoms with E-state index in [-0.39, 0.29) is 5.92 Å². The van der Waals surface area contributed by atoms with Gasteiger partial charge >= 0.3 is 0 Å². The van der Waals surface area contributed by atoms with Gasteiger partial charge in [-0.25, -0.2) is 0 Å². The zero-order valence-electron chi connectivity index (χ0n) is 8.80. The molecule has 0 radical (unpaired) electrons. The summed E-state index contributed by atoms with van der Waals surface area (Å²) in [4.78, 5) is 4.96. The second-order valence-corrected chi connectivity index (χ2v) is 6.15. The Bertz CT molecular complexity index is 457. The summed E-state index contributed by atoms with van der Waals surface area (Å²) in [7, 11) is 0. The molecule has 2 nitrogen and oxygen atoms in total. The summed E-state index contributed by atoms with van der Waals surface area (Å²) < 4.78 is 1.04. The van der Waals surface area contributed by atoms with Crippen molar-refractivity contribution in [2.45, 2.75) is 18.9 Å². The lowest BCUT2D eigenvalue weighted by Crippen LogP contribution is -2.05. The molecule has 2 heterocycles. The average Bonchev–Trinajstić information content (AvgIpc) is 2.75. The molecule has 2 rings (SSSR count). The quantitative estimate of drug-likeness (QED) is 0.936. The van der Waals surface area contributed by atoms with Crippen LogP contribution in [0.15, 0.2) is 40.4 Å². The minimum atomic E-state index is -0.460. The van der Waals surface area contributed by atoms with Gasteiger partial charge in [-0.1, -0.05) is 6.92 Å². The Morgan fingerprint density at radius 1 is 1.25 bits per heavy atom. The third kappa shape index (κ3) is 2.51. The van der Waals surface area contributed by atoms with E-state index in [0.717, 1.165) is 14.2 Å². The molecule has 2 atom stereocenters. The standard InChI is InChI=1S/C12H12BrNOS/c1-8(9-4-6-14-7-5-9)12(15)10-2-3-11(13)16-10/h2-8,12,15H,1H3. The van der Waals surface area contributed by atoms with Crippen LogP contribution in [0.3, 0.4) is 0 Å². The first-order valence-corrected chi connectivity index (χ1v) is 6.62. The Kier molecular flexibility index (Phi) is 3.74. The number of pyridine rings is 1. The number of rotatable bonds is 3. The van der Waals surface area contributed by atoms with Crippen LogP contribution >= 0.6 is 27.3 Å². The second kappa shape index (κ2) is 5.08. The highest BCUT2D eigenvalue weighted by molar-refractivity contribution is 9.11. The van der Waals surface area contributed by atoms with Gasteiger partial charge in [0.2, 0.25) is 0 Å². The topological polar surface area (TPSA) is 33.1 Å². The molecule has 0 aliphatic carbocycles. The number of aliphatic hydroxyl groups excluding tert-OH is 1. The van der Waals surface area contributed by atoms with Crippen molar-refractivity contribution in [3.63, 3.8) is 0 Å². The van der Waals surface area contributed by atoms with Gasteiger partial charge in [0.1, 0.15) is 0 Å². The molecule has 2 unspecified atom stereocenters. The van der Waals surface area contributed by atoms with E-state index in [1.807, 2.05) is 31.2 Å². The molecular weight excluding hydrogens is 286 g/mol. The number of nitrogens with zero attached hydrogens (tertiary/aromatic N) is 1.